The molecule has 3 aliphatic rings. The van der Waals surface area contributed by atoms with Crippen LogP contribution in [0.1, 0.15) is 30.5 Å². The van der Waals surface area contributed by atoms with Crippen LogP contribution in [-0.2, 0) is 6.42 Å². The van der Waals surface area contributed by atoms with Crippen LogP contribution >= 0.6 is 0 Å². The molecule has 0 saturated heterocycles. The Morgan fingerprint density at radius 3 is 2.30 bits per heavy atom. The predicted molar refractivity (Wildman–Crippen MR) is 170 cm³/mol. The predicted octanol–water partition coefficient (Wildman–Crippen LogP) is 7.82. The molecule has 4 aromatic rings. The number of nitriles is 1. The molecule has 1 aromatic heterocycles. The Balaban J connectivity index is 1.51. The van der Waals surface area contributed by atoms with Crippen molar-refractivity contribution in [1.82, 2.24) is 4.57 Å². The molecule has 0 N–H and O–H groups in total. The van der Waals surface area contributed by atoms with Crippen LogP contribution < -0.4 is 10.4 Å². The van der Waals surface area contributed by atoms with Gasteiger partial charge in [-0.1, -0.05) is 114 Å². The molecule has 1 heterocycles. The maximum Gasteiger partial charge on any atom is 0.132 e. The number of benzene rings is 3. The van der Waals surface area contributed by atoms with Gasteiger partial charge in [0.25, 0.3) is 0 Å². The summed E-state index contributed by atoms with van der Waals surface area (Å²) in [6.45, 7) is 0. The second-order valence-corrected chi connectivity index (χ2v) is 15.4. The summed E-state index contributed by atoms with van der Waals surface area (Å²) in [7, 11) is -2.43. The molecule has 3 aromatic carbocycles. The van der Waals surface area contributed by atoms with E-state index in [1.165, 1.54) is 38.2 Å². The lowest BCUT2D eigenvalue weighted by molar-refractivity contribution is 0.903. The first kappa shape index (κ1) is 24.6. The lowest BCUT2D eigenvalue weighted by atomic mass is 10.0. The van der Waals surface area contributed by atoms with Crippen molar-refractivity contribution in [3.8, 4) is 11.8 Å². The summed E-state index contributed by atoms with van der Waals surface area (Å²) in [5.74, 6) is 0. The zero-order valence-corrected chi connectivity index (χ0v) is 23.6. The molecule has 0 bridgehead atoms. The minimum absolute atomic E-state index is 0.359. The van der Waals surface area contributed by atoms with E-state index >= 15 is 0 Å². The van der Waals surface area contributed by atoms with Crippen molar-refractivity contribution in [1.29, 1.82) is 5.26 Å². The number of hydrogen-bond acceptors (Lipinski definition) is 1. The first-order chi connectivity index (χ1) is 19.8. The molecule has 3 unspecified atom stereocenters. The number of aryl methyl sites for hydroxylation is 1. The largest absolute Gasteiger partial charge is 0.310 e. The molecule has 0 aliphatic heterocycles. The Morgan fingerprint density at radius 1 is 0.775 bits per heavy atom. The van der Waals surface area contributed by atoms with Crippen molar-refractivity contribution in [3.63, 3.8) is 0 Å². The summed E-state index contributed by atoms with van der Waals surface area (Å²) >= 11 is 0. The molecule has 40 heavy (non-hydrogen) atoms. The van der Waals surface area contributed by atoms with Gasteiger partial charge in [-0.25, -0.2) is 0 Å². The Labute approximate surface area is 237 Å². The van der Waals surface area contributed by atoms with E-state index in [1.54, 1.807) is 0 Å². The summed E-state index contributed by atoms with van der Waals surface area (Å²) in [4.78, 5) is 0. The van der Waals surface area contributed by atoms with Crippen LogP contribution in [0.15, 0.2) is 133 Å². The molecule has 0 fully saturated rings. The number of aromatic nitrogens is 1. The topological polar surface area (TPSA) is 28.7 Å². The van der Waals surface area contributed by atoms with Gasteiger partial charge in [0.1, 0.15) is 8.07 Å². The Morgan fingerprint density at radius 2 is 1.57 bits per heavy atom. The second kappa shape index (κ2) is 10.3. The monoisotopic (exact) mass is 532 g/mol. The van der Waals surface area contributed by atoms with Crippen molar-refractivity contribution in [3.05, 3.63) is 144 Å². The Bertz CT molecular complexity index is 1760. The molecule has 0 amide bonds. The Kier molecular flexibility index (Phi) is 6.34. The molecule has 0 spiro atoms. The average molecular weight is 533 g/mol. The van der Waals surface area contributed by atoms with E-state index in [-0.39, 0.29) is 0 Å². The summed E-state index contributed by atoms with van der Waals surface area (Å²) in [5, 5.41) is 13.9. The fraction of sp³-hybridized carbons (Fsp3) is 0.162. The Hall–Kier alpha value is -4.39. The van der Waals surface area contributed by atoms with Gasteiger partial charge < -0.3 is 4.57 Å². The van der Waals surface area contributed by atoms with Gasteiger partial charge >= 0.3 is 0 Å². The minimum Gasteiger partial charge on any atom is -0.310 e. The van der Waals surface area contributed by atoms with Gasteiger partial charge in [0, 0.05) is 22.3 Å². The van der Waals surface area contributed by atoms with E-state index in [9.17, 15) is 5.26 Å². The first-order valence-electron chi connectivity index (χ1n) is 14.4. The summed E-state index contributed by atoms with van der Waals surface area (Å²) in [6.07, 6.45) is 24.6. The van der Waals surface area contributed by atoms with Gasteiger partial charge in [-0.3, -0.25) is 0 Å². The molecule has 0 saturated carbocycles. The molecule has 2 nitrogen and oxygen atoms in total. The van der Waals surface area contributed by atoms with E-state index in [4.69, 9.17) is 0 Å². The number of para-hydroxylation sites is 1. The van der Waals surface area contributed by atoms with Gasteiger partial charge in [-0.15, -0.1) is 0 Å². The number of hydrogen-bond donors (Lipinski definition) is 0. The summed E-state index contributed by atoms with van der Waals surface area (Å²) in [5.41, 5.74) is 6.84. The van der Waals surface area contributed by atoms with Crippen LogP contribution in [0, 0.1) is 11.3 Å². The lowest BCUT2D eigenvalue weighted by Crippen LogP contribution is -2.64. The van der Waals surface area contributed by atoms with Crippen molar-refractivity contribution in [2.75, 3.05) is 0 Å². The third-order valence-corrected chi connectivity index (χ3v) is 14.8. The summed E-state index contributed by atoms with van der Waals surface area (Å²) in [6, 6.07) is 31.8. The van der Waals surface area contributed by atoms with Crippen LogP contribution in [-0.4, -0.2) is 12.6 Å². The van der Waals surface area contributed by atoms with Crippen LogP contribution in [0.4, 0.5) is 0 Å². The maximum absolute atomic E-state index is 9.60. The molecular weight excluding hydrogens is 501 g/mol. The number of fused-ring (bicyclic) bond motifs is 3. The lowest BCUT2D eigenvalue weighted by Gasteiger charge is -2.44. The third-order valence-electron chi connectivity index (χ3n) is 9.07. The SMILES string of the molecule is N#CC1=CCC([Si](c2ccccc2)(c2ccc3c(c2)c2c(n3-c3ccccc3)C=CCC2)C2C=CC=CC2)C=C1. The molecule has 3 aliphatic carbocycles. The zero-order valence-electron chi connectivity index (χ0n) is 22.6. The molecule has 3 atom stereocenters. The van der Waals surface area contributed by atoms with E-state index in [0.717, 1.165) is 31.3 Å². The quantitative estimate of drug-likeness (QED) is 0.241. The smallest absolute Gasteiger partial charge is 0.132 e. The van der Waals surface area contributed by atoms with Crippen molar-refractivity contribution in [2.24, 2.45) is 0 Å². The molecule has 3 heteroatoms. The highest BCUT2D eigenvalue weighted by Crippen LogP contribution is 2.43. The molecule has 7 rings (SSSR count). The number of allylic oxidation sites excluding steroid dienone is 9. The molecule has 194 valence electrons. The average Bonchev–Trinajstić information content (AvgIpc) is 3.37. The van der Waals surface area contributed by atoms with E-state index in [0.29, 0.717) is 11.1 Å². The first-order valence-corrected chi connectivity index (χ1v) is 16.5. The summed E-state index contributed by atoms with van der Waals surface area (Å²) < 4.78 is 2.45. The number of nitrogens with zero attached hydrogens (tertiary/aromatic N) is 2. The highest BCUT2D eigenvalue weighted by atomic mass is 28.3. The van der Waals surface area contributed by atoms with Gasteiger partial charge in [-0.2, -0.15) is 5.26 Å². The van der Waals surface area contributed by atoms with Gasteiger partial charge in [0.05, 0.1) is 11.6 Å². The van der Waals surface area contributed by atoms with E-state index in [1.807, 2.05) is 0 Å². The minimum atomic E-state index is -2.43. The van der Waals surface area contributed by atoms with Crippen LogP contribution in [0.25, 0.3) is 22.7 Å². The zero-order chi connectivity index (χ0) is 26.9. The fourth-order valence-corrected chi connectivity index (χ4v) is 13.2. The van der Waals surface area contributed by atoms with Crippen LogP contribution in [0.3, 0.4) is 0 Å². The molecule has 0 radical (unpaired) electrons. The van der Waals surface area contributed by atoms with Gasteiger partial charge in [0.2, 0.25) is 0 Å². The third kappa shape index (κ3) is 3.91. The van der Waals surface area contributed by atoms with Crippen LogP contribution in [0.5, 0.6) is 0 Å². The number of rotatable bonds is 5. The van der Waals surface area contributed by atoms with E-state index in [2.05, 4.69) is 144 Å². The van der Waals surface area contributed by atoms with Crippen LogP contribution in [0.2, 0.25) is 11.1 Å². The van der Waals surface area contributed by atoms with Crippen molar-refractivity contribution >= 4 is 35.4 Å². The van der Waals surface area contributed by atoms with E-state index < -0.39 is 8.07 Å². The van der Waals surface area contributed by atoms with Crippen molar-refractivity contribution in [2.45, 2.75) is 36.8 Å². The standard InChI is InChI=1S/C37H32N2Si/c38-27-28-20-22-32(23-21-28)40(30-14-6-2-7-15-30,31-16-8-3-9-17-31)33-24-25-37-35(26-33)34-18-10-11-19-36(34)39(37)29-12-4-1-5-13-29/h1-9,11-16,19-22,24-26,31-32H,10,17-18,23H2. The maximum atomic E-state index is 9.60. The molecular formula is C37H32N2Si. The second-order valence-electron chi connectivity index (χ2n) is 11.1. The van der Waals surface area contributed by atoms with Crippen molar-refractivity contribution < 1.29 is 0 Å². The highest BCUT2D eigenvalue weighted by molar-refractivity contribution is 7.05. The normalized spacial score (nSPS) is 21.0. The van der Waals surface area contributed by atoms with Gasteiger partial charge in [0.15, 0.2) is 0 Å². The van der Waals surface area contributed by atoms with Gasteiger partial charge in [-0.05, 0) is 72.7 Å². The fourth-order valence-electron chi connectivity index (χ4n) is 7.32. The highest BCUT2D eigenvalue weighted by Gasteiger charge is 2.49.